The van der Waals surface area contributed by atoms with Crippen molar-refractivity contribution in [1.82, 2.24) is 14.8 Å². The molecule has 4 rings (SSSR count). The minimum Gasteiger partial charge on any atom is -0.494 e. The zero-order valence-electron chi connectivity index (χ0n) is 17.1. The van der Waals surface area contributed by atoms with E-state index in [1.807, 2.05) is 37.3 Å². The molecule has 5 heteroatoms. The van der Waals surface area contributed by atoms with Gasteiger partial charge in [0.25, 0.3) is 0 Å². The molecule has 0 atom stereocenters. The normalized spacial score (nSPS) is 10.8. The highest BCUT2D eigenvalue weighted by Crippen LogP contribution is 2.29. The smallest absolute Gasteiger partial charge is 0.196 e. The van der Waals surface area contributed by atoms with Crippen LogP contribution in [0.25, 0.3) is 17.1 Å². The van der Waals surface area contributed by atoms with E-state index in [9.17, 15) is 0 Å². The molecule has 0 unspecified atom stereocenters. The van der Waals surface area contributed by atoms with Crippen molar-refractivity contribution in [3.63, 3.8) is 0 Å². The van der Waals surface area contributed by atoms with Gasteiger partial charge >= 0.3 is 0 Å². The van der Waals surface area contributed by atoms with Crippen molar-refractivity contribution in [2.45, 2.75) is 24.9 Å². The molecule has 1 aromatic heterocycles. The van der Waals surface area contributed by atoms with Gasteiger partial charge in [0, 0.05) is 17.0 Å². The summed E-state index contributed by atoms with van der Waals surface area (Å²) in [4.78, 5) is 0. The third-order valence-corrected chi connectivity index (χ3v) is 5.77. The van der Waals surface area contributed by atoms with Gasteiger partial charge in [-0.1, -0.05) is 72.4 Å². The van der Waals surface area contributed by atoms with Crippen LogP contribution in [0.1, 0.15) is 18.9 Å². The molecule has 0 saturated carbocycles. The van der Waals surface area contributed by atoms with Crippen LogP contribution in [0.5, 0.6) is 5.75 Å². The predicted molar refractivity (Wildman–Crippen MR) is 123 cm³/mol. The Balaban J connectivity index is 1.56. The SMILES string of the molecule is CCOc1ccc(-n2c(SCCCc3ccccc3)nnc2-c2ccccc2)cc1. The van der Waals surface area contributed by atoms with E-state index in [1.54, 1.807) is 11.8 Å². The second kappa shape index (κ2) is 10.1. The Labute approximate surface area is 181 Å². The van der Waals surface area contributed by atoms with Crippen molar-refractivity contribution in [1.29, 1.82) is 0 Å². The van der Waals surface area contributed by atoms with Gasteiger partial charge in [0.05, 0.1) is 6.61 Å². The Morgan fingerprint density at radius 2 is 1.53 bits per heavy atom. The minimum atomic E-state index is 0.657. The largest absolute Gasteiger partial charge is 0.494 e. The van der Waals surface area contributed by atoms with Gasteiger partial charge in [0.15, 0.2) is 11.0 Å². The molecule has 0 N–H and O–H groups in total. The van der Waals surface area contributed by atoms with Crippen LogP contribution < -0.4 is 4.74 Å². The van der Waals surface area contributed by atoms with Gasteiger partial charge in [-0.25, -0.2) is 0 Å². The summed E-state index contributed by atoms with van der Waals surface area (Å²) in [5, 5.41) is 9.94. The fraction of sp³-hybridized carbons (Fsp3) is 0.200. The lowest BCUT2D eigenvalue weighted by Crippen LogP contribution is -2.01. The van der Waals surface area contributed by atoms with E-state index in [4.69, 9.17) is 4.74 Å². The first-order valence-corrected chi connectivity index (χ1v) is 11.2. The summed E-state index contributed by atoms with van der Waals surface area (Å²) in [6.45, 7) is 2.65. The average molecular weight is 416 g/mol. The lowest BCUT2D eigenvalue weighted by molar-refractivity contribution is 0.340. The highest BCUT2D eigenvalue weighted by molar-refractivity contribution is 7.99. The second-order valence-electron chi connectivity index (χ2n) is 6.87. The van der Waals surface area contributed by atoms with E-state index in [2.05, 4.69) is 69.4 Å². The second-order valence-corrected chi connectivity index (χ2v) is 7.93. The summed E-state index contributed by atoms with van der Waals surface area (Å²) in [6, 6.07) is 28.9. The van der Waals surface area contributed by atoms with Gasteiger partial charge in [-0.15, -0.1) is 10.2 Å². The first kappa shape index (κ1) is 20.2. The Bertz CT molecular complexity index is 1050. The Morgan fingerprint density at radius 3 is 2.23 bits per heavy atom. The molecule has 0 fully saturated rings. The Kier molecular flexibility index (Phi) is 6.83. The number of hydrogen-bond acceptors (Lipinski definition) is 4. The fourth-order valence-electron chi connectivity index (χ4n) is 3.31. The molecule has 0 aliphatic heterocycles. The van der Waals surface area contributed by atoms with E-state index < -0.39 is 0 Å². The quantitative estimate of drug-likeness (QED) is 0.246. The maximum absolute atomic E-state index is 5.60. The maximum atomic E-state index is 5.60. The average Bonchev–Trinajstić information content (AvgIpc) is 3.23. The van der Waals surface area contributed by atoms with Gasteiger partial charge in [-0.3, -0.25) is 4.57 Å². The first-order chi connectivity index (χ1) is 14.8. The zero-order chi connectivity index (χ0) is 20.6. The topological polar surface area (TPSA) is 39.9 Å². The molecule has 0 amide bonds. The van der Waals surface area contributed by atoms with Crippen LogP contribution in [-0.4, -0.2) is 27.1 Å². The van der Waals surface area contributed by atoms with Gasteiger partial charge in [-0.05, 0) is 49.6 Å². The molecular weight excluding hydrogens is 390 g/mol. The van der Waals surface area contributed by atoms with Crippen LogP contribution in [0.2, 0.25) is 0 Å². The van der Waals surface area contributed by atoms with Crippen molar-refractivity contribution in [2.75, 3.05) is 12.4 Å². The molecule has 152 valence electrons. The summed E-state index contributed by atoms with van der Waals surface area (Å²) in [5.74, 6) is 2.71. The van der Waals surface area contributed by atoms with Crippen molar-refractivity contribution < 1.29 is 4.74 Å². The molecule has 0 aliphatic rings. The molecule has 30 heavy (non-hydrogen) atoms. The summed E-state index contributed by atoms with van der Waals surface area (Å²) in [5.41, 5.74) is 3.46. The molecule has 1 heterocycles. The van der Waals surface area contributed by atoms with E-state index in [0.717, 1.165) is 46.6 Å². The van der Waals surface area contributed by atoms with Crippen LogP contribution in [-0.2, 0) is 6.42 Å². The number of rotatable bonds is 9. The molecule has 0 saturated heterocycles. The standard InChI is InChI=1S/C25H25N3OS/c1-2-29-23-17-15-22(16-18-23)28-24(21-13-7-4-8-14-21)26-27-25(28)30-19-9-12-20-10-5-3-6-11-20/h3-8,10-11,13-18H,2,9,12,19H2,1H3. The third-order valence-electron chi connectivity index (χ3n) is 4.76. The van der Waals surface area contributed by atoms with E-state index in [0.29, 0.717) is 6.61 Å². The first-order valence-electron chi connectivity index (χ1n) is 10.3. The molecule has 0 spiro atoms. The lowest BCUT2D eigenvalue weighted by Gasteiger charge is -2.11. The van der Waals surface area contributed by atoms with Crippen molar-refractivity contribution in [3.05, 3.63) is 90.5 Å². The zero-order valence-corrected chi connectivity index (χ0v) is 17.9. The number of aryl methyl sites for hydroxylation is 1. The maximum Gasteiger partial charge on any atom is 0.196 e. The lowest BCUT2D eigenvalue weighted by atomic mass is 10.1. The number of thioether (sulfide) groups is 1. The summed E-state index contributed by atoms with van der Waals surface area (Å²) >= 11 is 1.75. The monoisotopic (exact) mass is 415 g/mol. The van der Waals surface area contributed by atoms with Crippen LogP contribution in [0, 0.1) is 0 Å². The number of nitrogens with zero attached hydrogens (tertiary/aromatic N) is 3. The minimum absolute atomic E-state index is 0.657. The van der Waals surface area contributed by atoms with Gasteiger partial charge in [0.1, 0.15) is 5.75 Å². The molecular formula is C25H25N3OS. The van der Waals surface area contributed by atoms with E-state index >= 15 is 0 Å². The van der Waals surface area contributed by atoms with Crippen LogP contribution in [0.15, 0.2) is 90.1 Å². The molecule has 4 nitrogen and oxygen atoms in total. The van der Waals surface area contributed by atoms with E-state index in [-0.39, 0.29) is 0 Å². The summed E-state index contributed by atoms with van der Waals surface area (Å²) in [6.07, 6.45) is 2.15. The predicted octanol–water partition coefficient (Wildman–Crippen LogP) is 6.06. The molecule has 0 radical (unpaired) electrons. The summed E-state index contributed by atoms with van der Waals surface area (Å²) in [7, 11) is 0. The molecule has 4 aromatic rings. The Hall–Kier alpha value is -3.05. The number of hydrogen-bond donors (Lipinski definition) is 0. The van der Waals surface area contributed by atoms with Gasteiger partial charge in [0.2, 0.25) is 0 Å². The van der Waals surface area contributed by atoms with Crippen LogP contribution in [0.4, 0.5) is 0 Å². The van der Waals surface area contributed by atoms with Crippen LogP contribution in [0.3, 0.4) is 0 Å². The van der Waals surface area contributed by atoms with E-state index in [1.165, 1.54) is 5.56 Å². The number of aromatic nitrogens is 3. The fourth-order valence-corrected chi connectivity index (χ4v) is 4.20. The Morgan fingerprint density at radius 1 is 0.833 bits per heavy atom. The van der Waals surface area contributed by atoms with Gasteiger partial charge in [-0.2, -0.15) is 0 Å². The highest BCUT2D eigenvalue weighted by atomic mass is 32.2. The molecule has 3 aromatic carbocycles. The molecule has 0 bridgehead atoms. The third kappa shape index (κ3) is 4.92. The summed E-state index contributed by atoms with van der Waals surface area (Å²) < 4.78 is 7.74. The highest BCUT2D eigenvalue weighted by Gasteiger charge is 2.16. The van der Waals surface area contributed by atoms with Crippen molar-refractivity contribution in [3.8, 4) is 22.8 Å². The van der Waals surface area contributed by atoms with Crippen molar-refractivity contribution >= 4 is 11.8 Å². The molecule has 0 aliphatic carbocycles. The van der Waals surface area contributed by atoms with Gasteiger partial charge < -0.3 is 4.74 Å². The van der Waals surface area contributed by atoms with Crippen LogP contribution >= 0.6 is 11.8 Å². The number of benzene rings is 3. The van der Waals surface area contributed by atoms with Crippen molar-refractivity contribution in [2.24, 2.45) is 0 Å². The number of ether oxygens (including phenoxy) is 1.